The van der Waals surface area contributed by atoms with Crippen LogP contribution in [0.1, 0.15) is 62.2 Å². The Morgan fingerprint density at radius 2 is 1.97 bits per heavy atom. The summed E-state index contributed by atoms with van der Waals surface area (Å²) in [7, 11) is 0. The SMILES string of the molecule is Cc1cnc(Nc2cnn(C3CC3)c2)nc1C1=CC2CCC(C1)N2C(=O)CCC(F)(F)F. The number of halogens is 3. The number of aromatic nitrogens is 4. The molecule has 1 N–H and O–H groups in total. The summed E-state index contributed by atoms with van der Waals surface area (Å²) in [4.78, 5) is 23.2. The van der Waals surface area contributed by atoms with Crippen molar-refractivity contribution < 1.29 is 18.0 Å². The number of nitrogens with one attached hydrogen (secondary N) is 1. The second-order valence-corrected chi connectivity index (χ2v) is 8.90. The Bertz CT molecular complexity index is 1060. The normalized spacial score (nSPS) is 22.8. The van der Waals surface area contributed by atoms with E-state index in [1.54, 1.807) is 17.3 Å². The lowest BCUT2D eigenvalue weighted by atomic mass is 9.96. The van der Waals surface area contributed by atoms with Crippen molar-refractivity contribution in [3.8, 4) is 0 Å². The molecule has 2 atom stereocenters. The van der Waals surface area contributed by atoms with Crippen LogP contribution >= 0.6 is 0 Å². The predicted octanol–water partition coefficient (Wildman–Crippen LogP) is 4.55. The third-order valence-electron chi connectivity index (χ3n) is 6.36. The Morgan fingerprint density at radius 1 is 1.19 bits per heavy atom. The number of aryl methyl sites for hydroxylation is 1. The Morgan fingerprint density at radius 3 is 2.69 bits per heavy atom. The molecule has 2 bridgehead atoms. The van der Waals surface area contributed by atoms with Gasteiger partial charge in [-0.25, -0.2) is 9.97 Å². The van der Waals surface area contributed by atoms with Crippen molar-refractivity contribution in [2.45, 2.75) is 76.2 Å². The summed E-state index contributed by atoms with van der Waals surface area (Å²) in [5.41, 5.74) is 3.59. The van der Waals surface area contributed by atoms with Crippen LogP contribution in [0.5, 0.6) is 0 Å². The van der Waals surface area contributed by atoms with Gasteiger partial charge in [0.15, 0.2) is 0 Å². The molecular formula is C22H25F3N6O. The average molecular weight is 446 g/mol. The molecule has 10 heteroatoms. The second kappa shape index (κ2) is 7.90. The van der Waals surface area contributed by atoms with E-state index in [0.29, 0.717) is 18.4 Å². The van der Waals surface area contributed by atoms with Crippen LogP contribution in [0, 0.1) is 6.92 Å². The number of nitrogens with zero attached hydrogens (tertiary/aromatic N) is 5. The van der Waals surface area contributed by atoms with Crippen LogP contribution in [0.4, 0.5) is 24.8 Å². The van der Waals surface area contributed by atoms with Crippen molar-refractivity contribution in [1.82, 2.24) is 24.6 Å². The number of anilines is 2. The highest BCUT2D eigenvalue weighted by molar-refractivity contribution is 5.80. The van der Waals surface area contributed by atoms with Gasteiger partial charge >= 0.3 is 6.18 Å². The number of carbonyl (C=O) groups is 1. The molecule has 2 aromatic heterocycles. The number of hydrogen-bond acceptors (Lipinski definition) is 5. The summed E-state index contributed by atoms with van der Waals surface area (Å²) in [5.74, 6) is 0.0532. The zero-order valence-electron chi connectivity index (χ0n) is 17.8. The highest BCUT2D eigenvalue weighted by Gasteiger charge is 2.41. The predicted molar refractivity (Wildman–Crippen MR) is 112 cm³/mol. The average Bonchev–Trinajstić information content (AvgIpc) is 3.43. The van der Waals surface area contributed by atoms with Gasteiger partial charge in [0, 0.05) is 24.9 Å². The van der Waals surface area contributed by atoms with Crippen LogP contribution in [0.2, 0.25) is 0 Å². The van der Waals surface area contributed by atoms with Gasteiger partial charge in [-0.3, -0.25) is 9.48 Å². The first-order valence-electron chi connectivity index (χ1n) is 11.0. The molecule has 1 aliphatic carbocycles. The number of amides is 1. The monoisotopic (exact) mass is 446 g/mol. The molecule has 170 valence electrons. The summed E-state index contributed by atoms with van der Waals surface area (Å²) < 4.78 is 39.6. The summed E-state index contributed by atoms with van der Waals surface area (Å²) in [6, 6.07) is 0.236. The summed E-state index contributed by atoms with van der Waals surface area (Å²) >= 11 is 0. The van der Waals surface area contributed by atoms with Crippen LogP contribution in [0.15, 0.2) is 24.7 Å². The molecule has 5 rings (SSSR count). The molecule has 2 aromatic rings. The fraction of sp³-hybridized carbons (Fsp3) is 0.545. The Balaban J connectivity index is 1.32. The first-order chi connectivity index (χ1) is 15.3. The van der Waals surface area contributed by atoms with Gasteiger partial charge in [0.1, 0.15) is 0 Å². The van der Waals surface area contributed by atoms with Crippen LogP contribution in [0.3, 0.4) is 0 Å². The van der Waals surface area contributed by atoms with E-state index in [1.807, 2.05) is 23.9 Å². The molecule has 2 aliphatic heterocycles. The lowest BCUT2D eigenvalue weighted by molar-refractivity contribution is -0.150. The minimum Gasteiger partial charge on any atom is -0.333 e. The Hall–Kier alpha value is -2.91. The summed E-state index contributed by atoms with van der Waals surface area (Å²) in [5, 5.41) is 7.57. The third-order valence-corrected chi connectivity index (χ3v) is 6.36. The van der Waals surface area contributed by atoms with Crippen molar-refractivity contribution in [1.29, 1.82) is 0 Å². The Kier molecular flexibility index (Phi) is 5.17. The van der Waals surface area contributed by atoms with Crippen molar-refractivity contribution in [2.24, 2.45) is 0 Å². The molecular weight excluding hydrogens is 421 g/mol. The van der Waals surface area contributed by atoms with Gasteiger partial charge in [-0.2, -0.15) is 18.3 Å². The largest absolute Gasteiger partial charge is 0.389 e. The minimum atomic E-state index is -4.32. The molecule has 32 heavy (non-hydrogen) atoms. The Labute approximate surface area is 183 Å². The minimum absolute atomic E-state index is 0.0803. The van der Waals surface area contributed by atoms with Gasteiger partial charge in [-0.15, -0.1) is 0 Å². The summed E-state index contributed by atoms with van der Waals surface area (Å²) in [6.07, 6.45) is 6.03. The van der Waals surface area contributed by atoms with Crippen LogP contribution in [-0.2, 0) is 4.79 Å². The maximum absolute atomic E-state index is 12.6. The highest BCUT2D eigenvalue weighted by Crippen LogP contribution is 2.40. The zero-order valence-corrected chi connectivity index (χ0v) is 17.8. The first kappa shape index (κ1) is 21.0. The first-order valence-corrected chi connectivity index (χ1v) is 11.0. The molecule has 1 amide bonds. The van der Waals surface area contributed by atoms with E-state index in [2.05, 4.69) is 15.4 Å². The molecule has 4 heterocycles. The van der Waals surface area contributed by atoms with Crippen molar-refractivity contribution in [3.63, 3.8) is 0 Å². The molecule has 2 unspecified atom stereocenters. The number of fused-ring (bicyclic) bond motifs is 2. The summed E-state index contributed by atoms with van der Waals surface area (Å²) in [6.45, 7) is 1.94. The smallest absolute Gasteiger partial charge is 0.333 e. The molecule has 3 aliphatic rings. The van der Waals surface area contributed by atoms with E-state index in [0.717, 1.165) is 48.2 Å². The van der Waals surface area contributed by atoms with Crippen LogP contribution < -0.4 is 5.32 Å². The number of alkyl halides is 3. The molecule has 0 spiro atoms. The maximum atomic E-state index is 12.6. The van der Waals surface area contributed by atoms with Crippen molar-refractivity contribution in [3.05, 3.63) is 35.9 Å². The zero-order chi connectivity index (χ0) is 22.5. The van der Waals surface area contributed by atoms with Gasteiger partial charge in [0.2, 0.25) is 11.9 Å². The topological polar surface area (TPSA) is 75.9 Å². The molecule has 7 nitrogen and oxygen atoms in total. The van der Waals surface area contributed by atoms with E-state index < -0.39 is 24.9 Å². The molecule has 1 saturated carbocycles. The van der Waals surface area contributed by atoms with E-state index in [4.69, 9.17) is 4.98 Å². The number of carbonyl (C=O) groups excluding carboxylic acids is 1. The van der Waals surface area contributed by atoms with Gasteiger partial charge in [-0.1, -0.05) is 6.08 Å². The fourth-order valence-corrected chi connectivity index (χ4v) is 4.67. The standard InChI is InChI=1S/C22H25F3N6O/c1-13-10-26-21(28-15-11-27-30(12-15)16-2-3-16)29-20(13)14-8-17-4-5-18(9-14)31(17)19(32)6-7-22(23,24)25/h8,10-12,16-18H,2-7,9H2,1H3,(H,26,28,29). The van der Waals surface area contributed by atoms with E-state index in [9.17, 15) is 18.0 Å². The van der Waals surface area contributed by atoms with E-state index in [1.165, 1.54) is 0 Å². The van der Waals surface area contributed by atoms with Gasteiger partial charge < -0.3 is 10.2 Å². The van der Waals surface area contributed by atoms with Crippen molar-refractivity contribution in [2.75, 3.05) is 5.32 Å². The van der Waals surface area contributed by atoms with Crippen molar-refractivity contribution >= 4 is 23.1 Å². The molecule has 0 radical (unpaired) electrons. The molecule has 2 fully saturated rings. The maximum Gasteiger partial charge on any atom is 0.389 e. The highest BCUT2D eigenvalue weighted by atomic mass is 19.4. The lowest BCUT2D eigenvalue weighted by Crippen LogP contribution is -2.43. The van der Waals surface area contributed by atoms with Crippen LogP contribution in [0.25, 0.3) is 5.57 Å². The second-order valence-electron chi connectivity index (χ2n) is 8.90. The van der Waals surface area contributed by atoms with Gasteiger partial charge in [-0.05, 0) is 50.2 Å². The lowest BCUT2D eigenvalue weighted by Gasteiger charge is -2.34. The van der Waals surface area contributed by atoms with E-state index in [-0.39, 0.29) is 12.1 Å². The number of hydrogen-bond donors (Lipinski definition) is 1. The van der Waals surface area contributed by atoms with Gasteiger partial charge in [0.25, 0.3) is 0 Å². The quantitative estimate of drug-likeness (QED) is 0.705. The fourth-order valence-electron chi connectivity index (χ4n) is 4.67. The van der Waals surface area contributed by atoms with Gasteiger partial charge in [0.05, 0.1) is 36.1 Å². The van der Waals surface area contributed by atoms with Crippen LogP contribution in [-0.4, -0.2) is 48.8 Å². The molecule has 1 saturated heterocycles. The third kappa shape index (κ3) is 4.35. The molecule has 0 aromatic carbocycles. The number of rotatable bonds is 6. The van der Waals surface area contributed by atoms with E-state index >= 15 is 0 Å².